The van der Waals surface area contributed by atoms with Crippen molar-refractivity contribution in [3.63, 3.8) is 0 Å². The number of nitrogens with zero attached hydrogens (tertiary/aromatic N) is 1. The minimum absolute atomic E-state index is 0.0971. The molecule has 1 heterocycles. The van der Waals surface area contributed by atoms with Crippen molar-refractivity contribution in [2.75, 3.05) is 10.2 Å². The molecular weight excluding hydrogens is 376 g/mol. The van der Waals surface area contributed by atoms with Crippen LogP contribution in [-0.2, 0) is 14.4 Å². The third-order valence-electron chi connectivity index (χ3n) is 6.35. The highest BCUT2D eigenvalue weighted by Crippen LogP contribution is 2.53. The predicted molar refractivity (Wildman–Crippen MR) is 115 cm³/mol. The highest BCUT2D eigenvalue weighted by molar-refractivity contribution is 6.22. The normalized spacial score (nSPS) is 26.6. The first-order valence-electron chi connectivity index (χ1n) is 10.2. The van der Waals surface area contributed by atoms with Gasteiger partial charge in [0, 0.05) is 11.8 Å². The predicted octanol–water partition coefficient (Wildman–Crippen LogP) is 3.96. The van der Waals surface area contributed by atoms with E-state index in [-0.39, 0.29) is 41.4 Å². The summed E-state index contributed by atoms with van der Waals surface area (Å²) >= 11 is 0. The summed E-state index contributed by atoms with van der Waals surface area (Å²) in [4.78, 5) is 39.5. The zero-order valence-electron chi connectivity index (χ0n) is 16.6. The molecule has 2 aromatic rings. The van der Waals surface area contributed by atoms with E-state index in [1.807, 2.05) is 37.3 Å². The van der Waals surface area contributed by atoms with Crippen LogP contribution < -0.4 is 10.2 Å². The molecule has 0 spiro atoms. The lowest BCUT2D eigenvalue weighted by Crippen LogP contribution is -2.32. The molecule has 2 fully saturated rings. The summed E-state index contributed by atoms with van der Waals surface area (Å²) < 4.78 is 0. The minimum Gasteiger partial charge on any atom is -0.323 e. The van der Waals surface area contributed by atoms with Crippen LogP contribution in [0.3, 0.4) is 0 Å². The lowest BCUT2D eigenvalue weighted by molar-refractivity contribution is -0.123. The summed E-state index contributed by atoms with van der Waals surface area (Å²) in [5.74, 6) is -0.487. The van der Waals surface area contributed by atoms with Crippen molar-refractivity contribution in [2.45, 2.75) is 13.3 Å². The third-order valence-corrected chi connectivity index (χ3v) is 6.35. The van der Waals surface area contributed by atoms with Gasteiger partial charge in [-0.05, 0) is 61.1 Å². The molecular formula is C25H22N2O3. The Labute approximate surface area is 175 Å². The topological polar surface area (TPSA) is 66.5 Å². The molecule has 0 aromatic heterocycles. The molecule has 2 aliphatic carbocycles. The van der Waals surface area contributed by atoms with Crippen LogP contribution in [-0.4, -0.2) is 17.7 Å². The fourth-order valence-electron chi connectivity index (χ4n) is 4.92. The molecule has 3 aliphatic rings. The van der Waals surface area contributed by atoms with Gasteiger partial charge in [0.25, 0.3) is 0 Å². The van der Waals surface area contributed by atoms with E-state index in [1.165, 1.54) is 11.0 Å². The van der Waals surface area contributed by atoms with Gasteiger partial charge in [0.05, 0.1) is 17.5 Å². The van der Waals surface area contributed by atoms with Crippen LogP contribution in [0.5, 0.6) is 0 Å². The summed E-state index contributed by atoms with van der Waals surface area (Å²) in [5, 5.41) is 2.82. The number of amides is 3. The number of nitrogens with one attached hydrogen (secondary N) is 1. The van der Waals surface area contributed by atoms with E-state index < -0.39 is 0 Å². The second kappa shape index (κ2) is 7.10. The molecule has 1 aliphatic heterocycles. The van der Waals surface area contributed by atoms with Crippen molar-refractivity contribution in [3.05, 3.63) is 77.9 Å². The largest absolute Gasteiger partial charge is 0.323 e. The number of rotatable bonds is 4. The van der Waals surface area contributed by atoms with Crippen LogP contribution in [0.25, 0.3) is 6.08 Å². The number of hydrogen-bond donors (Lipinski definition) is 1. The average molecular weight is 398 g/mol. The Balaban J connectivity index is 1.32. The van der Waals surface area contributed by atoms with Crippen LogP contribution in [0.4, 0.5) is 11.4 Å². The van der Waals surface area contributed by atoms with E-state index in [4.69, 9.17) is 0 Å². The van der Waals surface area contributed by atoms with Gasteiger partial charge in [-0.25, -0.2) is 4.90 Å². The van der Waals surface area contributed by atoms with Crippen LogP contribution >= 0.6 is 0 Å². The van der Waals surface area contributed by atoms with Gasteiger partial charge in [0.2, 0.25) is 17.7 Å². The van der Waals surface area contributed by atoms with E-state index >= 15 is 0 Å². The Morgan fingerprint density at radius 2 is 1.67 bits per heavy atom. The number of imide groups is 1. The number of benzene rings is 2. The van der Waals surface area contributed by atoms with Gasteiger partial charge in [0.1, 0.15) is 0 Å². The molecule has 2 bridgehead atoms. The first kappa shape index (κ1) is 18.6. The van der Waals surface area contributed by atoms with Crippen molar-refractivity contribution in [1.82, 2.24) is 0 Å². The van der Waals surface area contributed by atoms with E-state index in [0.29, 0.717) is 5.69 Å². The third kappa shape index (κ3) is 3.07. The average Bonchev–Trinajstić information content (AvgIpc) is 3.42. The fraction of sp³-hybridized carbons (Fsp3) is 0.240. The summed E-state index contributed by atoms with van der Waals surface area (Å²) in [6.07, 6.45) is 8.23. The first-order chi connectivity index (χ1) is 14.5. The Bertz CT molecular complexity index is 1070. The lowest BCUT2D eigenvalue weighted by Gasteiger charge is -2.17. The highest BCUT2D eigenvalue weighted by Gasteiger charge is 2.59. The van der Waals surface area contributed by atoms with Gasteiger partial charge in [0.15, 0.2) is 0 Å². The number of hydrogen-bond acceptors (Lipinski definition) is 3. The smallest absolute Gasteiger partial charge is 0.248 e. The van der Waals surface area contributed by atoms with Crippen molar-refractivity contribution in [1.29, 1.82) is 0 Å². The molecule has 3 amide bonds. The minimum atomic E-state index is -0.241. The van der Waals surface area contributed by atoms with Gasteiger partial charge >= 0.3 is 0 Å². The first-order valence-corrected chi connectivity index (χ1v) is 10.2. The second-order valence-electron chi connectivity index (χ2n) is 8.30. The van der Waals surface area contributed by atoms with E-state index in [0.717, 1.165) is 23.2 Å². The highest BCUT2D eigenvalue weighted by atomic mass is 16.2. The molecule has 150 valence electrons. The van der Waals surface area contributed by atoms with Crippen molar-refractivity contribution < 1.29 is 14.4 Å². The van der Waals surface area contributed by atoms with E-state index in [9.17, 15) is 14.4 Å². The second-order valence-corrected chi connectivity index (χ2v) is 8.30. The fourth-order valence-corrected chi connectivity index (χ4v) is 4.92. The molecule has 5 rings (SSSR count). The molecule has 5 nitrogen and oxygen atoms in total. The zero-order chi connectivity index (χ0) is 20.8. The zero-order valence-corrected chi connectivity index (χ0v) is 16.6. The van der Waals surface area contributed by atoms with Gasteiger partial charge in [-0.15, -0.1) is 0 Å². The molecule has 1 N–H and O–H groups in total. The maximum atomic E-state index is 13.0. The SMILES string of the molecule is Cc1ccc(NC(=O)/C=C/c2cccc(N3C(=O)[C@@H]4[C@@H](C3=O)[C@@H]3C=C[C@@H]4C3)c2)cc1. The Kier molecular flexibility index (Phi) is 4.39. The molecule has 1 saturated heterocycles. The summed E-state index contributed by atoms with van der Waals surface area (Å²) in [5.41, 5.74) is 3.18. The molecule has 5 heteroatoms. The number of anilines is 2. The van der Waals surface area contributed by atoms with Crippen LogP contribution in [0.15, 0.2) is 66.8 Å². The van der Waals surface area contributed by atoms with E-state index in [2.05, 4.69) is 17.5 Å². The lowest BCUT2D eigenvalue weighted by atomic mass is 9.85. The summed E-state index contributed by atoms with van der Waals surface area (Å²) in [7, 11) is 0. The van der Waals surface area contributed by atoms with Gasteiger partial charge in [-0.1, -0.05) is 42.0 Å². The Morgan fingerprint density at radius 1 is 1.00 bits per heavy atom. The van der Waals surface area contributed by atoms with Gasteiger partial charge < -0.3 is 5.32 Å². The molecule has 2 aromatic carbocycles. The van der Waals surface area contributed by atoms with E-state index in [1.54, 1.807) is 24.3 Å². The van der Waals surface area contributed by atoms with Crippen molar-refractivity contribution >= 4 is 35.2 Å². The maximum Gasteiger partial charge on any atom is 0.248 e. The number of aryl methyl sites for hydroxylation is 1. The molecule has 0 radical (unpaired) electrons. The summed E-state index contributed by atoms with van der Waals surface area (Å²) in [6, 6.07) is 14.8. The molecule has 1 saturated carbocycles. The Hall–Kier alpha value is -3.47. The Morgan fingerprint density at radius 3 is 2.33 bits per heavy atom. The number of carbonyl (C=O) groups is 3. The summed E-state index contributed by atoms with van der Waals surface area (Å²) in [6.45, 7) is 1.99. The quantitative estimate of drug-likeness (QED) is 0.482. The molecule has 4 atom stereocenters. The monoisotopic (exact) mass is 398 g/mol. The van der Waals surface area contributed by atoms with Crippen molar-refractivity contribution in [3.8, 4) is 0 Å². The molecule has 0 unspecified atom stereocenters. The van der Waals surface area contributed by atoms with Crippen molar-refractivity contribution in [2.24, 2.45) is 23.7 Å². The standard InChI is InChI=1S/C25H22N2O3/c1-15-5-10-19(11-6-15)26-21(28)12-7-16-3-2-4-20(13-16)27-24(29)22-17-8-9-18(14-17)23(22)25(27)30/h2-13,17-18,22-23H,14H2,1H3,(H,26,28)/b12-7+/t17-,18-,22+,23+/m1/s1. The van der Waals surface area contributed by atoms with Gasteiger partial charge in [-0.3, -0.25) is 14.4 Å². The maximum absolute atomic E-state index is 13.0. The molecule has 30 heavy (non-hydrogen) atoms. The number of fused-ring (bicyclic) bond motifs is 5. The van der Waals surface area contributed by atoms with Crippen LogP contribution in [0, 0.1) is 30.6 Å². The number of carbonyl (C=O) groups excluding carboxylic acids is 3. The number of allylic oxidation sites excluding steroid dienone is 2. The van der Waals surface area contributed by atoms with Crippen LogP contribution in [0.2, 0.25) is 0 Å². The van der Waals surface area contributed by atoms with Crippen LogP contribution in [0.1, 0.15) is 17.5 Å². The van der Waals surface area contributed by atoms with Gasteiger partial charge in [-0.2, -0.15) is 0 Å².